The average molecular weight is 284 g/mol. The molecule has 1 atom stereocenters. The molecule has 1 saturated heterocycles. The second-order valence-electron chi connectivity index (χ2n) is 6.43. The van der Waals surface area contributed by atoms with E-state index in [9.17, 15) is 8.78 Å². The molecule has 0 radical (unpaired) electrons. The second kappa shape index (κ2) is 4.04. The van der Waals surface area contributed by atoms with Crippen molar-refractivity contribution in [3.63, 3.8) is 0 Å². The van der Waals surface area contributed by atoms with Gasteiger partial charge in [-0.05, 0) is 38.7 Å². The Balaban J connectivity index is 2.13. The van der Waals surface area contributed by atoms with Crippen LogP contribution in [0.15, 0.2) is 24.2 Å². The maximum Gasteiger partial charge on any atom is 0.494 e. The quantitative estimate of drug-likeness (QED) is 0.777. The van der Waals surface area contributed by atoms with Gasteiger partial charge in [-0.25, -0.2) is 8.78 Å². The van der Waals surface area contributed by atoms with Gasteiger partial charge >= 0.3 is 7.12 Å². The van der Waals surface area contributed by atoms with E-state index >= 15 is 0 Å². The lowest BCUT2D eigenvalue weighted by molar-refractivity contribution is 0.00578. The molecule has 0 N–H and O–H groups in total. The van der Waals surface area contributed by atoms with Crippen LogP contribution >= 0.6 is 0 Å². The van der Waals surface area contributed by atoms with Crippen LogP contribution in [0.25, 0.3) is 0 Å². The van der Waals surface area contributed by atoms with Crippen molar-refractivity contribution in [2.75, 3.05) is 0 Å². The van der Waals surface area contributed by atoms with Gasteiger partial charge in [-0.2, -0.15) is 0 Å². The number of benzene rings is 1. The number of alkyl halides is 2. The van der Waals surface area contributed by atoms with Gasteiger partial charge in [0.25, 0.3) is 5.92 Å². The third kappa shape index (κ3) is 2.17. The van der Waals surface area contributed by atoms with Gasteiger partial charge in [-0.3, -0.25) is 0 Å². The van der Waals surface area contributed by atoms with E-state index in [1.165, 1.54) is 0 Å². The van der Waals surface area contributed by atoms with E-state index in [-0.39, 0.29) is 23.1 Å². The largest absolute Gasteiger partial charge is 0.494 e. The highest BCUT2D eigenvalue weighted by Gasteiger charge is 2.58. The van der Waals surface area contributed by atoms with Crippen molar-refractivity contribution in [3.05, 3.63) is 29.7 Å². The minimum atomic E-state index is -2.96. The van der Waals surface area contributed by atoms with Crippen molar-refractivity contribution >= 4 is 12.6 Å². The van der Waals surface area contributed by atoms with Crippen molar-refractivity contribution in [2.45, 2.75) is 57.2 Å². The van der Waals surface area contributed by atoms with Gasteiger partial charge in [0.1, 0.15) is 0 Å². The molecule has 3 rings (SSSR count). The summed E-state index contributed by atoms with van der Waals surface area (Å²) in [5.41, 5.74) is -1.68. The van der Waals surface area contributed by atoms with Crippen LogP contribution in [-0.2, 0) is 9.31 Å². The molecule has 2 fully saturated rings. The van der Waals surface area contributed by atoms with E-state index in [2.05, 4.69) is 0 Å². The summed E-state index contributed by atoms with van der Waals surface area (Å²) in [6.45, 7) is 7.21. The Hall–Kier alpha value is -0.935. The first-order valence-corrected chi connectivity index (χ1v) is 6.64. The van der Waals surface area contributed by atoms with Crippen LogP contribution in [0.4, 0.5) is 8.78 Å². The van der Waals surface area contributed by atoms with E-state index in [0.29, 0.717) is 0 Å². The molecule has 1 saturated carbocycles. The first-order valence-electron chi connectivity index (χ1n) is 8.64. The Kier molecular flexibility index (Phi) is 2.00. The minimum Gasteiger partial charge on any atom is -0.399 e. The number of halogens is 2. The summed E-state index contributed by atoms with van der Waals surface area (Å²) < 4.78 is 70.8. The molecule has 1 aliphatic heterocycles. The monoisotopic (exact) mass is 284 g/mol. The normalized spacial score (nSPS) is 32.3. The zero-order valence-corrected chi connectivity index (χ0v) is 11.9. The molecule has 0 spiro atoms. The molecule has 0 bridgehead atoms. The zero-order valence-electron chi connectivity index (χ0n) is 15.9. The van der Waals surface area contributed by atoms with Gasteiger partial charge in [-0.1, -0.05) is 24.2 Å². The Labute approximate surface area is 124 Å². The zero-order chi connectivity index (χ0) is 18.2. The van der Waals surface area contributed by atoms with Crippen LogP contribution in [0.3, 0.4) is 0 Å². The molecule has 0 aromatic heterocycles. The first kappa shape index (κ1) is 9.90. The number of hydrogen-bond acceptors (Lipinski definition) is 2. The molecule has 1 aromatic rings. The summed E-state index contributed by atoms with van der Waals surface area (Å²) in [5, 5.41) is 0. The summed E-state index contributed by atoms with van der Waals surface area (Å²) >= 11 is 0. The van der Waals surface area contributed by atoms with Gasteiger partial charge in [0.05, 0.1) is 22.6 Å². The number of rotatable bonds is 2. The van der Waals surface area contributed by atoms with Crippen molar-refractivity contribution < 1.29 is 23.6 Å². The van der Waals surface area contributed by atoms with Crippen molar-refractivity contribution in [1.82, 2.24) is 0 Å². The fraction of sp³-hybridized carbons (Fsp3) is 0.600. The minimum absolute atomic E-state index is 0.0488. The molecule has 2 aliphatic rings. The molecule has 1 unspecified atom stereocenters. The summed E-state index contributed by atoms with van der Waals surface area (Å²) in [4.78, 5) is 0. The highest BCUT2D eigenvalue weighted by molar-refractivity contribution is 6.62. The third-order valence-corrected chi connectivity index (χ3v) is 4.33. The topological polar surface area (TPSA) is 18.5 Å². The summed E-state index contributed by atoms with van der Waals surface area (Å²) in [7, 11) is -1.09. The van der Waals surface area contributed by atoms with Gasteiger partial charge in [0, 0.05) is 6.42 Å². The molecule has 1 heterocycles. The molecular weight excluding hydrogens is 261 g/mol. The molecule has 0 amide bonds. The van der Waals surface area contributed by atoms with E-state index in [1.807, 2.05) is 0 Å². The Morgan fingerprint density at radius 3 is 2.25 bits per heavy atom. The predicted octanol–water partition coefficient (Wildman–Crippen LogP) is 3.11. The van der Waals surface area contributed by atoms with Crippen molar-refractivity contribution in [1.29, 1.82) is 0 Å². The van der Waals surface area contributed by atoms with Gasteiger partial charge < -0.3 is 9.31 Å². The molecule has 1 aliphatic carbocycles. The fourth-order valence-corrected chi connectivity index (χ4v) is 2.15. The van der Waals surface area contributed by atoms with E-state index in [1.54, 1.807) is 27.7 Å². The van der Waals surface area contributed by atoms with E-state index in [0.717, 1.165) is 0 Å². The SMILES string of the molecule is [2H]c1c([2H])c(B2OC(C)(C)C(C)(C)O2)c([2H])c(C2CC2(F)F)c1[2H]. The maximum absolute atomic E-state index is 13.5. The summed E-state index contributed by atoms with van der Waals surface area (Å²) in [5.74, 6) is -4.21. The maximum atomic E-state index is 13.5. The van der Waals surface area contributed by atoms with Crippen molar-refractivity contribution in [3.8, 4) is 0 Å². The highest BCUT2D eigenvalue weighted by Crippen LogP contribution is 2.55. The Morgan fingerprint density at radius 2 is 1.75 bits per heavy atom. The van der Waals surface area contributed by atoms with E-state index < -0.39 is 48.7 Å². The van der Waals surface area contributed by atoms with Gasteiger partial charge in [-0.15, -0.1) is 0 Å². The molecular formula is C15H19BF2O2. The summed E-state index contributed by atoms with van der Waals surface area (Å²) in [6.07, 6.45) is -0.440. The lowest BCUT2D eigenvalue weighted by Gasteiger charge is -2.32. The Morgan fingerprint density at radius 1 is 1.20 bits per heavy atom. The molecule has 2 nitrogen and oxygen atoms in total. The second-order valence-corrected chi connectivity index (χ2v) is 6.43. The third-order valence-electron chi connectivity index (χ3n) is 4.33. The number of hydrogen-bond donors (Lipinski definition) is 0. The molecule has 108 valence electrons. The van der Waals surface area contributed by atoms with E-state index in [4.69, 9.17) is 14.8 Å². The van der Waals surface area contributed by atoms with Crippen molar-refractivity contribution in [2.24, 2.45) is 0 Å². The average Bonchev–Trinajstić information content (AvgIpc) is 2.96. The van der Waals surface area contributed by atoms with Crippen LogP contribution in [0.1, 0.15) is 51.1 Å². The molecule has 20 heavy (non-hydrogen) atoms. The molecule has 5 heteroatoms. The smallest absolute Gasteiger partial charge is 0.399 e. The predicted molar refractivity (Wildman–Crippen MR) is 74.5 cm³/mol. The Bertz CT molecular complexity index is 708. The standard InChI is InChI=1S/C15H19BF2O2/c1-13(2)14(3,4)20-16(19-13)11-7-5-6-10(8-11)12-9-15(12,17)18/h5-8,12H,9H2,1-4H3/i5D,6D,7D,8D. The molecule has 1 aromatic carbocycles. The lowest BCUT2D eigenvalue weighted by Crippen LogP contribution is -2.41. The van der Waals surface area contributed by atoms with Crippen LogP contribution < -0.4 is 5.46 Å². The van der Waals surface area contributed by atoms with Crippen LogP contribution in [0, 0.1) is 0 Å². The van der Waals surface area contributed by atoms with Crippen LogP contribution in [0.5, 0.6) is 0 Å². The first-order chi connectivity index (χ1) is 10.8. The fourth-order valence-electron chi connectivity index (χ4n) is 2.15. The summed E-state index contributed by atoms with van der Waals surface area (Å²) in [6, 6.07) is -1.68. The van der Waals surface area contributed by atoms with Gasteiger partial charge in [0.2, 0.25) is 0 Å². The lowest BCUT2D eigenvalue weighted by atomic mass is 9.78. The van der Waals surface area contributed by atoms with Crippen LogP contribution in [-0.4, -0.2) is 24.2 Å². The van der Waals surface area contributed by atoms with Gasteiger partial charge in [0.15, 0.2) is 0 Å². The van der Waals surface area contributed by atoms with Crippen LogP contribution in [0.2, 0.25) is 0 Å². The highest BCUT2D eigenvalue weighted by atomic mass is 19.3.